The second kappa shape index (κ2) is 13.9. The molecule has 3 heterocycles. The highest BCUT2D eigenvalue weighted by molar-refractivity contribution is 5.83. The Kier molecular flexibility index (Phi) is 10.3. The fraction of sp³-hybridized carbons (Fsp3) is 0.424. The Balaban J connectivity index is 1.81. The van der Waals surface area contributed by atoms with Crippen LogP contribution in [0.4, 0.5) is 13.2 Å². The Morgan fingerprint density at radius 1 is 1.11 bits per heavy atom. The van der Waals surface area contributed by atoms with E-state index in [1.807, 2.05) is 45.9 Å². The first-order valence-electron chi connectivity index (χ1n) is 15.0. The molecule has 13 heteroatoms. The molecule has 0 aliphatic rings. The first-order valence-corrected chi connectivity index (χ1v) is 15.0. The zero-order chi connectivity index (χ0) is 33.9. The number of likely N-dealkylation sites (N-methyl/N-ethyl adjacent to an activating group) is 1. The summed E-state index contributed by atoms with van der Waals surface area (Å²) >= 11 is 0. The van der Waals surface area contributed by atoms with Crippen LogP contribution in [0.25, 0.3) is 16.8 Å². The number of nitrogens with one attached hydrogen (secondary N) is 1. The van der Waals surface area contributed by atoms with Gasteiger partial charge in [-0.05, 0) is 75.0 Å². The summed E-state index contributed by atoms with van der Waals surface area (Å²) in [7, 11) is 3.45. The lowest BCUT2D eigenvalue weighted by atomic mass is 9.95. The average Bonchev–Trinajstić information content (AvgIpc) is 3.43. The highest BCUT2D eigenvalue weighted by Crippen LogP contribution is 2.34. The van der Waals surface area contributed by atoms with Crippen molar-refractivity contribution in [2.75, 3.05) is 20.6 Å². The number of halogens is 3. The van der Waals surface area contributed by atoms with Crippen molar-refractivity contribution < 1.29 is 27.9 Å². The quantitative estimate of drug-likeness (QED) is 0.218. The van der Waals surface area contributed by atoms with Crippen LogP contribution in [-0.4, -0.2) is 61.7 Å². The molecular weight excluding hydrogens is 601 g/mol. The molecule has 10 nitrogen and oxygen atoms in total. The number of imidazole rings is 1. The van der Waals surface area contributed by atoms with Crippen LogP contribution in [0.3, 0.4) is 0 Å². The molecule has 1 amide bonds. The third-order valence-electron chi connectivity index (χ3n) is 7.81. The molecule has 46 heavy (non-hydrogen) atoms. The molecule has 0 saturated heterocycles. The van der Waals surface area contributed by atoms with Crippen molar-refractivity contribution in [2.24, 2.45) is 5.92 Å². The number of aromatic nitrogens is 4. The van der Waals surface area contributed by atoms with Crippen molar-refractivity contribution in [1.29, 1.82) is 0 Å². The topological polar surface area (TPSA) is 122 Å². The molecule has 0 bridgehead atoms. The number of hydrogen-bond acceptors (Lipinski definition) is 6. The molecule has 1 aromatic carbocycles. The van der Waals surface area contributed by atoms with Crippen LogP contribution in [-0.2, 0) is 22.2 Å². The first kappa shape index (κ1) is 34.4. The summed E-state index contributed by atoms with van der Waals surface area (Å²) in [4.78, 5) is 45.4. The van der Waals surface area contributed by atoms with Crippen molar-refractivity contribution in [3.05, 3.63) is 87.2 Å². The van der Waals surface area contributed by atoms with Crippen LogP contribution in [0, 0.1) is 19.8 Å². The van der Waals surface area contributed by atoms with E-state index in [1.54, 1.807) is 37.5 Å². The summed E-state index contributed by atoms with van der Waals surface area (Å²) in [5.74, 6) is -2.05. The lowest BCUT2D eigenvalue weighted by molar-refractivity contribution is -0.139. The van der Waals surface area contributed by atoms with Gasteiger partial charge in [-0.2, -0.15) is 18.3 Å². The fourth-order valence-electron chi connectivity index (χ4n) is 5.64. The summed E-state index contributed by atoms with van der Waals surface area (Å²) in [6, 6.07) is 5.72. The van der Waals surface area contributed by atoms with Crippen LogP contribution in [0.15, 0.2) is 53.7 Å². The van der Waals surface area contributed by atoms with Gasteiger partial charge in [0.05, 0.1) is 23.7 Å². The van der Waals surface area contributed by atoms with Gasteiger partial charge in [-0.25, -0.2) is 9.50 Å². The van der Waals surface area contributed by atoms with Crippen LogP contribution in [0.5, 0.6) is 0 Å². The Bertz CT molecular complexity index is 1770. The number of alkyl halides is 3. The third-order valence-corrected chi connectivity index (χ3v) is 7.81. The van der Waals surface area contributed by atoms with Gasteiger partial charge in [0.2, 0.25) is 5.91 Å². The molecule has 0 unspecified atom stereocenters. The first-order chi connectivity index (χ1) is 21.6. The maximum absolute atomic E-state index is 14.0. The number of amides is 1. The molecule has 0 fully saturated rings. The molecule has 4 rings (SSSR count). The molecule has 4 aromatic rings. The molecule has 0 saturated carbocycles. The fourth-order valence-corrected chi connectivity index (χ4v) is 5.64. The normalized spacial score (nSPS) is 13.4. The van der Waals surface area contributed by atoms with E-state index < -0.39 is 47.7 Å². The SMILES string of the molecule is Cc1cccc(C)c1-c1cc([C@H](CC(=O)O)NC(=O)[C@H](CC(C)C)n2cc(CCN(C)C)c(C(F)(F)F)cc2=O)nn2ccnc12. The number of nitrogens with zero attached hydrogens (tertiary/aromatic N) is 5. The molecule has 3 aromatic heterocycles. The van der Waals surface area contributed by atoms with Crippen LogP contribution < -0.4 is 10.9 Å². The Labute approximate surface area is 264 Å². The molecule has 2 N–H and O–H groups in total. The van der Waals surface area contributed by atoms with E-state index >= 15 is 0 Å². The molecule has 0 aliphatic heterocycles. The van der Waals surface area contributed by atoms with Gasteiger partial charge in [0.1, 0.15) is 6.04 Å². The van der Waals surface area contributed by atoms with Crippen molar-refractivity contribution >= 4 is 17.5 Å². The Hall–Kier alpha value is -4.52. The number of carboxylic acids is 1. The van der Waals surface area contributed by atoms with Crippen LogP contribution in [0.1, 0.15) is 66.7 Å². The number of aryl methyl sites for hydroxylation is 2. The smallest absolute Gasteiger partial charge is 0.416 e. The van der Waals surface area contributed by atoms with Crippen LogP contribution >= 0.6 is 0 Å². The minimum Gasteiger partial charge on any atom is -0.481 e. The van der Waals surface area contributed by atoms with Gasteiger partial charge < -0.3 is 19.9 Å². The number of rotatable bonds is 12. The number of pyridine rings is 1. The van der Waals surface area contributed by atoms with E-state index in [9.17, 15) is 32.7 Å². The van der Waals surface area contributed by atoms with Crippen LogP contribution in [0.2, 0.25) is 0 Å². The highest BCUT2D eigenvalue weighted by atomic mass is 19.4. The lowest BCUT2D eigenvalue weighted by Gasteiger charge is -2.26. The zero-order valence-corrected chi connectivity index (χ0v) is 26.7. The van der Waals surface area contributed by atoms with Gasteiger partial charge >= 0.3 is 12.1 Å². The third kappa shape index (κ3) is 7.82. The lowest BCUT2D eigenvalue weighted by Crippen LogP contribution is -2.41. The standard InChI is InChI=1S/C33H39F3N6O4/c1-19(2)14-27(41-18-22(10-12-40(5)6)24(16-28(41)43)33(34,35)36)32(46)38-25(17-29(44)45)26-15-23(31-37-11-13-42(31)39-26)30-20(3)8-7-9-21(30)4/h7-9,11,13,15-16,18-19,25,27H,10,12,14,17H2,1-6H3,(H,38,46)(H,44,45)/t25-,27-/m0/s1. The number of carboxylic acid groups (broad SMARTS) is 1. The summed E-state index contributed by atoms with van der Waals surface area (Å²) in [5.41, 5.74) is 2.16. The van der Waals surface area contributed by atoms with Gasteiger partial charge in [0.25, 0.3) is 5.56 Å². The number of hydrogen-bond donors (Lipinski definition) is 2. The summed E-state index contributed by atoms with van der Waals surface area (Å²) in [5, 5.41) is 17.2. The van der Waals surface area contributed by atoms with Gasteiger partial charge in [0, 0.05) is 36.8 Å². The molecule has 0 aliphatic carbocycles. The minimum atomic E-state index is -4.76. The molecule has 2 atom stereocenters. The van der Waals surface area contributed by atoms with Crippen molar-refractivity contribution in [3.8, 4) is 11.1 Å². The predicted octanol–water partition coefficient (Wildman–Crippen LogP) is 5.22. The molecule has 0 radical (unpaired) electrons. The predicted molar refractivity (Wildman–Crippen MR) is 167 cm³/mol. The number of fused-ring (bicyclic) bond motifs is 1. The van der Waals surface area contributed by atoms with Crippen molar-refractivity contribution in [2.45, 2.75) is 65.2 Å². The maximum atomic E-state index is 14.0. The zero-order valence-electron chi connectivity index (χ0n) is 26.7. The Morgan fingerprint density at radius 3 is 2.37 bits per heavy atom. The second-order valence-electron chi connectivity index (χ2n) is 12.3. The number of carbonyl (C=O) groups is 2. The molecule has 246 valence electrons. The number of carbonyl (C=O) groups excluding carboxylic acids is 1. The number of aliphatic carboxylic acids is 1. The van der Waals surface area contributed by atoms with Crippen molar-refractivity contribution in [1.82, 2.24) is 29.4 Å². The van der Waals surface area contributed by atoms with Gasteiger partial charge in [-0.3, -0.25) is 14.4 Å². The largest absolute Gasteiger partial charge is 0.481 e. The van der Waals surface area contributed by atoms with E-state index in [1.165, 1.54) is 4.52 Å². The average molecular weight is 641 g/mol. The Morgan fingerprint density at radius 2 is 1.78 bits per heavy atom. The van der Waals surface area contributed by atoms with E-state index in [0.717, 1.165) is 27.5 Å². The summed E-state index contributed by atoms with van der Waals surface area (Å²) in [6.07, 6.45) is -0.877. The number of benzene rings is 1. The van der Waals surface area contributed by atoms with E-state index in [2.05, 4.69) is 15.4 Å². The minimum absolute atomic E-state index is 0.00425. The summed E-state index contributed by atoms with van der Waals surface area (Å²) in [6.45, 7) is 7.83. The van der Waals surface area contributed by atoms with E-state index in [-0.39, 0.29) is 36.6 Å². The summed E-state index contributed by atoms with van der Waals surface area (Å²) < 4.78 is 44.3. The van der Waals surface area contributed by atoms with Gasteiger partial charge in [0.15, 0.2) is 5.65 Å². The van der Waals surface area contributed by atoms with Gasteiger partial charge in [-0.15, -0.1) is 0 Å². The highest BCUT2D eigenvalue weighted by Gasteiger charge is 2.36. The second-order valence-corrected chi connectivity index (χ2v) is 12.3. The van der Waals surface area contributed by atoms with Crippen molar-refractivity contribution in [3.63, 3.8) is 0 Å². The van der Waals surface area contributed by atoms with E-state index in [4.69, 9.17) is 0 Å². The maximum Gasteiger partial charge on any atom is 0.416 e. The molecular formula is C33H39F3N6O4. The monoisotopic (exact) mass is 640 g/mol. The van der Waals surface area contributed by atoms with Gasteiger partial charge in [-0.1, -0.05) is 32.0 Å². The van der Waals surface area contributed by atoms with E-state index in [0.29, 0.717) is 17.3 Å². The molecule has 0 spiro atoms.